The van der Waals surface area contributed by atoms with E-state index < -0.39 is 0 Å². The average molecular weight is 303 g/mol. The fourth-order valence-corrected chi connectivity index (χ4v) is 2.27. The molecule has 120 valence electrons. The summed E-state index contributed by atoms with van der Waals surface area (Å²) in [5.41, 5.74) is 2.17. The predicted molar refractivity (Wildman–Crippen MR) is 87.7 cm³/mol. The van der Waals surface area contributed by atoms with Gasteiger partial charge in [0, 0.05) is 18.8 Å². The van der Waals surface area contributed by atoms with Crippen molar-refractivity contribution in [2.75, 3.05) is 18.9 Å². The van der Waals surface area contributed by atoms with Crippen LogP contribution < -0.4 is 10.6 Å². The lowest BCUT2D eigenvalue weighted by atomic mass is 10.1. The minimum Gasteiger partial charge on any atom is -0.374 e. The van der Waals surface area contributed by atoms with Gasteiger partial charge in [0.2, 0.25) is 11.8 Å². The largest absolute Gasteiger partial charge is 0.374 e. The summed E-state index contributed by atoms with van der Waals surface area (Å²) in [4.78, 5) is 25.5. The van der Waals surface area contributed by atoms with Crippen LogP contribution in [0.2, 0.25) is 0 Å². The maximum atomic E-state index is 12.3. The quantitative estimate of drug-likeness (QED) is 0.807. The highest BCUT2D eigenvalue weighted by Crippen LogP contribution is 2.18. The summed E-state index contributed by atoms with van der Waals surface area (Å²) in [7, 11) is 1.66. The molecular formula is C17H25N3O2. The summed E-state index contributed by atoms with van der Waals surface area (Å²) >= 11 is 0. The summed E-state index contributed by atoms with van der Waals surface area (Å²) in [5.74, 6) is -0.177. The molecular weight excluding hydrogens is 278 g/mol. The smallest absolute Gasteiger partial charge is 0.244 e. The van der Waals surface area contributed by atoms with Crippen molar-refractivity contribution in [2.24, 2.45) is 0 Å². The molecule has 1 aliphatic carbocycles. The van der Waals surface area contributed by atoms with Gasteiger partial charge in [-0.25, -0.2) is 0 Å². The zero-order valence-corrected chi connectivity index (χ0v) is 13.6. The second kappa shape index (κ2) is 7.29. The summed E-state index contributed by atoms with van der Waals surface area (Å²) in [6, 6.07) is 8.00. The van der Waals surface area contributed by atoms with E-state index in [4.69, 9.17) is 0 Å². The third-order valence-corrected chi connectivity index (χ3v) is 3.82. The van der Waals surface area contributed by atoms with Gasteiger partial charge in [-0.15, -0.1) is 0 Å². The Hall–Kier alpha value is -2.04. The Morgan fingerprint density at radius 3 is 2.45 bits per heavy atom. The van der Waals surface area contributed by atoms with Gasteiger partial charge in [0.1, 0.15) is 6.04 Å². The van der Waals surface area contributed by atoms with Gasteiger partial charge >= 0.3 is 0 Å². The Balaban J connectivity index is 1.82. The van der Waals surface area contributed by atoms with Crippen molar-refractivity contribution in [1.29, 1.82) is 0 Å². The molecule has 1 aromatic rings. The van der Waals surface area contributed by atoms with Crippen LogP contribution in [0.15, 0.2) is 24.3 Å². The third-order valence-electron chi connectivity index (χ3n) is 3.82. The number of nitrogens with one attached hydrogen (secondary N) is 2. The molecule has 0 spiro atoms. The molecule has 0 saturated heterocycles. The van der Waals surface area contributed by atoms with Crippen LogP contribution in [0.25, 0.3) is 0 Å². The van der Waals surface area contributed by atoms with Crippen molar-refractivity contribution >= 4 is 17.5 Å². The van der Waals surface area contributed by atoms with Gasteiger partial charge in [0.25, 0.3) is 0 Å². The van der Waals surface area contributed by atoms with E-state index in [1.54, 1.807) is 7.05 Å². The first-order valence-electron chi connectivity index (χ1n) is 7.89. The number of amides is 2. The second-order valence-corrected chi connectivity index (χ2v) is 5.95. The molecule has 2 N–H and O–H groups in total. The molecule has 1 atom stereocenters. The molecule has 1 saturated carbocycles. The molecule has 22 heavy (non-hydrogen) atoms. The normalized spacial score (nSPS) is 15.0. The molecule has 0 heterocycles. The van der Waals surface area contributed by atoms with E-state index in [9.17, 15) is 9.59 Å². The number of aryl methyl sites for hydroxylation is 1. The summed E-state index contributed by atoms with van der Waals surface area (Å²) in [6.45, 7) is 4.03. The zero-order valence-electron chi connectivity index (χ0n) is 13.6. The molecule has 1 aliphatic rings. The average Bonchev–Trinajstić information content (AvgIpc) is 3.30. The van der Waals surface area contributed by atoms with Crippen molar-refractivity contribution in [2.45, 2.75) is 45.2 Å². The maximum absolute atomic E-state index is 12.3. The molecule has 0 aliphatic heterocycles. The summed E-state index contributed by atoms with van der Waals surface area (Å²) in [5, 5.41) is 6.06. The predicted octanol–water partition coefficient (Wildman–Crippen LogP) is 1.79. The number of carbonyl (C=O) groups is 2. The first kappa shape index (κ1) is 16.3. The topological polar surface area (TPSA) is 61.4 Å². The van der Waals surface area contributed by atoms with Gasteiger partial charge in [-0.3, -0.25) is 9.59 Å². The van der Waals surface area contributed by atoms with Crippen LogP contribution in [0, 0.1) is 0 Å². The lowest BCUT2D eigenvalue weighted by molar-refractivity contribution is -0.135. The Morgan fingerprint density at radius 2 is 1.91 bits per heavy atom. The van der Waals surface area contributed by atoms with Crippen LogP contribution in [-0.4, -0.2) is 42.4 Å². The number of nitrogens with zero attached hydrogens (tertiary/aromatic N) is 1. The zero-order chi connectivity index (χ0) is 16.1. The van der Waals surface area contributed by atoms with Crippen molar-refractivity contribution in [1.82, 2.24) is 10.2 Å². The van der Waals surface area contributed by atoms with Crippen LogP contribution in [0.1, 0.15) is 32.3 Å². The number of hydrogen-bond acceptors (Lipinski definition) is 3. The minimum atomic E-state index is -0.369. The van der Waals surface area contributed by atoms with Crippen LogP contribution in [0.4, 0.5) is 5.69 Å². The highest BCUT2D eigenvalue weighted by molar-refractivity contribution is 5.88. The maximum Gasteiger partial charge on any atom is 0.244 e. The van der Waals surface area contributed by atoms with Gasteiger partial charge in [-0.2, -0.15) is 0 Å². The van der Waals surface area contributed by atoms with Crippen LogP contribution in [-0.2, 0) is 16.0 Å². The molecule has 2 amide bonds. The highest BCUT2D eigenvalue weighted by atomic mass is 16.2. The summed E-state index contributed by atoms with van der Waals surface area (Å²) in [6.07, 6.45) is 3.10. The second-order valence-electron chi connectivity index (χ2n) is 5.95. The van der Waals surface area contributed by atoms with Gasteiger partial charge in [0.05, 0.1) is 6.54 Å². The first-order valence-corrected chi connectivity index (χ1v) is 7.89. The van der Waals surface area contributed by atoms with Gasteiger partial charge in [-0.1, -0.05) is 19.1 Å². The van der Waals surface area contributed by atoms with Gasteiger partial charge in [0.15, 0.2) is 0 Å². The van der Waals surface area contributed by atoms with Gasteiger partial charge < -0.3 is 15.5 Å². The standard InChI is InChI=1S/C17H25N3O2/c1-4-13-5-7-14(8-6-13)18-12(2)17(22)20(3)11-16(21)19-15-9-10-15/h5-8,12,15,18H,4,9-11H2,1-3H3,(H,19,21). The molecule has 1 unspecified atom stereocenters. The van der Waals surface area contributed by atoms with Crippen LogP contribution in [0.5, 0.6) is 0 Å². The van der Waals surface area contributed by atoms with Crippen LogP contribution >= 0.6 is 0 Å². The van der Waals surface area contributed by atoms with Crippen LogP contribution in [0.3, 0.4) is 0 Å². The minimum absolute atomic E-state index is 0.0853. The SMILES string of the molecule is CCc1ccc(NC(C)C(=O)N(C)CC(=O)NC2CC2)cc1. The van der Waals surface area contributed by atoms with E-state index in [0.717, 1.165) is 24.9 Å². The van der Waals surface area contributed by atoms with Crippen molar-refractivity contribution in [3.63, 3.8) is 0 Å². The monoisotopic (exact) mass is 303 g/mol. The van der Waals surface area contributed by atoms with Crippen molar-refractivity contribution in [3.8, 4) is 0 Å². The number of carbonyl (C=O) groups excluding carboxylic acids is 2. The lowest BCUT2D eigenvalue weighted by Crippen LogP contribution is -2.44. The first-order chi connectivity index (χ1) is 10.5. The Morgan fingerprint density at radius 1 is 1.27 bits per heavy atom. The molecule has 0 bridgehead atoms. The highest BCUT2D eigenvalue weighted by Gasteiger charge is 2.25. The third kappa shape index (κ3) is 4.76. The van der Waals surface area contributed by atoms with E-state index >= 15 is 0 Å². The van der Waals surface area contributed by atoms with Crippen molar-refractivity contribution < 1.29 is 9.59 Å². The number of likely N-dealkylation sites (N-methyl/N-ethyl adjacent to an activating group) is 1. The van der Waals surface area contributed by atoms with E-state index in [1.165, 1.54) is 10.5 Å². The molecule has 0 aromatic heterocycles. The fourth-order valence-electron chi connectivity index (χ4n) is 2.27. The number of rotatable bonds is 7. The van der Waals surface area contributed by atoms with E-state index in [2.05, 4.69) is 17.6 Å². The number of anilines is 1. The molecule has 1 fully saturated rings. The lowest BCUT2D eigenvalue weighted by Gasteiger charge is -2.22. The molecule has 0 radical (unpaired) electrons. The Labute approximate surface area is 132 Å². The van der Waals surface area contributed by atoms with Crippen molar-refractivity contribution in [3.05, 3.63) is 29.8 Å². The molecule has 2 rings (SSSR count). The number of benzene rings is 1. The summed E-state index contributed by atoms with van der Waals surface area (Å²) < 4.78 is 0. The Bertz CT molecular complexity index is 523. The Kier molecular flexibility index (Phi) is 5.41. The van der Waals surface area contributed by atoms with Gasteiger partial charge in [-0.05, 0) is 43.9 Å². The molecule has 5 heteroatoms. The van der Waals surface area contributed by atoms with E-state index in [1.807, 2.05) is 31.2 Å². The number of hydrogen-bond donors (Lipinski definition) is 2. The molecule has 5 nitrogen and oxygen atoms in total. The fraction of sp³-hybridized carbons (Fsp3) is 0.529. The molecule has 1 aromatic carbocycles. The van der Waals surface area contributed by atoms with E-state index in [0.29, 0.717) is 6.04 Å². The van der Waals surface area contributed by atoms with E-state index in [-0.39, 0.29) is 24.4 Å².